The Hall–Kier alpha value is -3.22. The highest BCUT2D eigenvalue weighted by Crippen LogP contribution is 2.49. The molecule has 0 bridgehead atoms. The zero-order valence-corrected chi connectivity index (χ0v) is 21.0. The third kappa shape index (κ3) is 4.56. The number of carbonyl (C=O) groups is 2. The van der Waals surface area contributed by atoms with Crippen LogP contribution < -0.4 is 9.47 Å². The predicted molar refractivity (Wildman–Crippen MR) is 140 cm³/mol. The van der Waals surface area contributed by atoms with E-state index in [4.69, 9.17) is 9.47 Å². The van der Waals surface area contributed by atoms with Crippen LogP contribution in [-0.4, -0.2) is 24.5 Å². The van der Waals surface area contributed by atoms with Crippen LogP contribution in [0.25, 0.3) is 10.8 Å². The Kier molecular flexibility index (Phi) is 7.29. The summed E-state index contributed by atoms with van der Waals surface area (Å²) in [6.45, 7) is 3.76. The van der Waals surface area contributed by atoms with Gasteiger partial charge in [0.2, 0.25) is 0 Å². The second-order valence-corrected chi connectivity index (χ2v) is 9.31. The lowest BCUT2D eigenvalue weighted by molar-refractivity contribution is 0.0714. The van der Waals surface area contributed by atoms with Crippen LogP contribution in [0.15, 0.2) is 82.6 Å². The SMILES string of the molecule is CSc1c(SC)c(OC(=O)c2ccccc2C)c2ccccc2c1OC(=O)c1ccccc1C. The van der Waals surface area contributed by atoms with Crippen LogP contribution in [0.4, 0.5) is 0 Å². The van der Waals surface area contributed by atoms with E-state index in [1.54, 1.807) is 12.1 Å². The second-order valence-electron chi connectivity index (χ2n) is 7.68. The van der Waals surface area contributed by atoms with Gasteiger partial charge in [-0.15, -0.1) is 23.5 Å². The van der Waals surface area contributed by atoms with E-state index in [2.05, 4.69) is 0 Å². The van der Waals surface area contributed by atoms with E-state index in [0.29, 0.717) is 33.4 Å². The number of carbonyl (C=O) groups excluding carboxylic acids is 2. The summed E-state index contributed by atoms with van der Waals surface area (Å²) < 4.78 is 12.0. The van der Waals surface area contributed by atoms with Gasteiger partial charge in [0.05, 0.1) is 20.9 Å². The van der Waals surface area contributed by atoms with Gasteiger partial charge in [0.25, 0.3) is 0 Å². The number of hydrogen-bond donors (Lipinski definition) is 0. The van der Waals surface area contributed by atoms with Crippen LogP contribution in [0.5, 0.6) is 11.5 Å². The molecule has 0 aliphatic carbocycles. The molecule has 0 spiro atoms. The molecule has 0 atom stereocenters. The van der Waals surface area contributed by atoms with Crippen LogP contribution in [-0.2, 0) is 0 Å². The van der Waals surface area contributed by atoms with Gasteiger partial charge in [-0.3, -0.25) is 0 Å². The summed E-state index contributed by atoms with van der Waals surface area (Å²) in [6.07, 6.45) is 3.84. The van der Waals surface area contributed by atoms with Gasteiger partial charge in [-0.05, 0) is 49.6 Å². The summed E-state index contributed by atoms with van der Waals surface area (Å²) in [4.78, 5) is 27.7. The van der Waals surface area contributed by atoms with E-state index in [-0.39, 0.29) is 0 Å². The molecule has 4 aromatic carbocycles. The van der Waals surface area contributed by atoms with Crippen molar-refractivity contribution < 1.29 is 19.1 Å². The van der Waals surface area contributed by atoms with Gasteiger partial charge in [0.15, 0.2) is 11.5 Å². The van der Waals surface area contributed by atoms with Crippen molar-refractivity contribution in [1.82, 2.24) is 0 Å². The smallest absolute Gasteiger partial charge is 0.343 e. The van der Waals surface area contributed by atoms with E-state index >= 15 is 0 Å². The minimum atomic E-state index is -0.421. The fourth-order valence-electron chi connectivity index (χ4n) is 3.80. The standard InChI is InChI=1S/C28H24O4S2/c1-17-11-5-7-13-19(17)27(29)31-23-21-15-9-10-16-22(21)24(26(34-4)25(23)33-3)32-28(30)20-14-8-6-12-18(20)2/h5-16H,1-4H3. The van der Waals surface area contributed by atoms with Crippen molar-refractivity contribution >= 4 is 46.2 Å². The van der Waals surface area contributed by atoms with Crippen LogP contribution in [0.2, 0.25) is 0 Å². The molecule has 34 heavy (non-hydrogen) atoms. The minimum absolute atomic E-state index is 0.421. The van der Waals surface area contributed by atoms with Gasteiger partial charge in [0, 0.05) is 10.8 Å². The molecular weight excluding hydrogens is 464 g/mol. The molecular formula is C28H24O4S2. The maximum absolute atomic E-state index is 13.1. The van der Waals surface area contributed by atoms with Crippen LogP contribution in [0.1, 0.15) is 31.8 Å². The summed E-state index contributed by atoms with van der Waals surface area (Å²) in [5, 5.41) is 1.42. The molecule has 0 N–H and O–H groups in total. The van der Waals surface area contributed by atoms with Crippen LogP contribution in [0, 0.1) is 13.8 Å². The number of ether oxygens (including phenoxy) is 2. The minimum Gasteiger partial charge on any atom is -0.421 e. The van der Waals surface area contributed by atoms with Crippen molar-refractivity contribution in [2.24, 2.45) is 0 Å². The lowest BCUT2D eigenvalue weighted by atomic mass is 10.1. The van der Waals surface area contributed by atoms with E-state index in [1.165, 1.54) is 23.5 Å². The molecule has 0 saturated heterocycles. The van der Waals surface area contributed by atoms with Crippen molar-refractivity contribution in [3.05, 3.63) is 95.1 Å². The van der Waals surface area contributed by atoms with E-state index in [1.807, 2.05) is 87.0 Å². The topological polar surface area (TPSA) is 52.6 Å². The molecule has 0 aromatic heterocycles. The molecule has 0 radical (unpaired) electrons. The first-order valence-electron chi connectivity index (χ1n) is 10.7. The van der Waals surface area contributed by atoms with Gasteiger partial charge in [-0.2, -0.15) is 0 Å². The van der Waals surface area contributed by atoms with E-state index in [9.17, 15) is 9.59 Å². The number of benzene rings is 4. The molecule has 0 aliphatic heterocycles. The van der Waals surface area contributed by atoms with Crippen LogP contribution >= 0.6 is 23.5 Å². The highest BCUT2D eigenvalue weighted by Gasteiger charge is 2.25. The second kappa shape index (κ2) is 10.4. The Morgan fingerprint density at radius 2 is 0.941 bits per heavy atom. The Bertz CT molecular complexity index is 1290. The number of fused-ring (bicyclic) bond motifs is 1. The number of rotatable bonds is 6. The van der Waals surface area contributed by atoms with Gasteiger partial charge < -0.3 is 9.47 Å². The summed E-state index contributed by atoms with van der Waals surface area (Å²) in [5.74, 6) is 0.0957. The molecule has 0 unspecified atom stereocenters. The third-order valence-corrected chi connectivity index (χ3v) is 7.29. The molecule has 6 heteroatoms. The summed E-state index contributed by atoms with van der Waals surface area (Å²) >= 11 is 2.91. The Labute approximate surface area is 207 Å². The first-order valence-corrected chi connectivity index (χ1v) is 13.1. The van der Waals surface area contributed by atoms with Crippen molar-refractivity contribution in [2.45, 2.75) is 23.6 Å². The molecule has 4 rings (SSSR count). The van der Waals surface area contributed by atoms with Crippen molar-refractivity contribution in [3.8, 4) is 11.5 Å². The van der Waals surface area contributed by atoms with E-state index in [0.717, 1.165) is 20.9 Å². The Morgan fingerprint density at radius 1 is 0.588 bits per heavy atom. The Morgan fingerprint density at radius 3 is 1.29 bits per heavy atom. The fraction of sp³-hybridized carbons (Fsp3) is 0.143. The average Bonchev–Trinajstić information content (AvgIpc) is 2.85. The fourth-order valence-corrected chi connectivity index (χ4v) is 5.53. The normalized spacial score (nSPS) is 10.8. The molecule has 0 heterocycles. The molecule has 0 fully saturated rings. The number of thioether (sulfide) groups is 2. The number of hydrogen-bond acceptors (Lipinski definition) is 6. The number of esters is 2. The lowest BCUT2D eigenvalue weighted by Crippen LogP contribution is -2.13. The Balaban J connectivity index is 1.86. The maximum atomic E-state index is 13.1. The summed E-state index contributed by atoms with van der Waals surface area (Å²) in [7, 11) is 0. The van der Waals surface area contributed by atoms with Crippen molar-refractivity contribution in [1.29, 1.82) is 0 Å². The molecule has 0 amide bonds. The molecule has 4 nitrogen and oxygen atoms in total. The maximum Gasteiger partial charge on any atom is 0.343 e. The number of aryl methyl sites for hydroxylation is 2. The van der Waals surface area contributed by atoms with E-state index < -0.39 is 11.9 Å². The largest absolute Gasteiger partial charge is 0.421 e. The first-order chi connectivity index (χ1) is 16.5. The summed E-state index contributed by atoms with van der Waals surface area (Å²) in [6, 6.07) is 22.2. The molecule has 0 saturated carbocycles. The predicted octanol–water partition coefficient (Wildman–Crippen LogP) is 7.34. The van der Waals surface area contributed by atoms with Gasteiger partial charge in [-0.1, -0.05) is 60.7 Å². The molecule has 172 valence electrons. The molecule has 0 aliphatic rings. The van der Waals surface area contributed by atoms with Gasteiger partial charge in [-0.25, -0.2) is 9.59 Å². The van der Waals surface area contributed by atoms with Crippen molar-refractivity contribution in [3.63, 3.8) is 0 Å². The zero-order valence-electron chi connectivity index (χ0n) is 19.4. The molecule has 4 aromatic rings. The first kappa shape index (κ1) is 23.9. The highest BCUT2D eigenvalue weighted by molar-refractivity contribution is 8.01. The highest BCUT2D eigenvalue weighted by atomic mass is 32.2. The third-order valence-electron chi connectivity index (χ3n) is 5.56. The van der Waals surface area contributed by atoms with Crippen LogP contribution in [0.3, 0.4) is 0 Å². The average molecular weight is 489 g/mol. The van der Waals surface area contributed by atoms with Gasteiger partial charge >= 0.3 is 11.9 Å². The zero-order chi connectivity index (χ0) is 24.2. The monoisotopic (exact) mass is 488 g/mol. The lowest BCUT2D eigenvalue weighted by Gasteiger charge is -2.20. The quantitative estimate of drug-likeness (QED) is 0.161. The summed E-state index contributed by atoms with van der Waals surface area (Å²) in [5.41, 5.74) is 2.71. The van der Waals surface area contributed by atoms with Gasteiger partial charge in [0.1, 0.15) is 0 Å². The van der Waals surface area contributed by atoms with Crippen molar-refractivity contribution in [2.75, 3.05) is 12.5 Å².